The number of nitrogens with two attached hydrogens (primary N) is 1. The lowest BCUT2D eigenvalue weighted by atomic mass is 9.94. The van der Waals surface area contributed by atoms with Crippen LogP contribution >= 0.6 is 23.2 Å². The highest BCUT2D eigenvalue weighted by molar-refractivity contribution is 6.32. The van der Waals surface area contributed by atoms with Crippen molar-refractivity contribution in [1.29, 1.82) is 5.26 Å². The molecule has 0 bridgehead atoms. The summed E-state index contributed by atoms with van der Waals surface area (Å²) in [7, 11) is 0. The lowest BCUT2D eigenvalue weighted by molar-refractivity contribution is 0.436. The highest BCUT2D eigenvalue weighted by Crippen LogP contribution is 2.36. The van der Waals surface area contributed by atoms with Crippen LogP contribution in [-0.2, 0) is 6.42 Å². The van der Waals surface area contributed by atoms with Crippen molar-refractivity contribution < 1.29 is 17.9 Å². The summed E-state index contributed by atoms with van der Waals surface area (Å²) < 4.78 is 40.1. The average molecular weight is 552 g/mol. The van der Waals surface area contributed by atoms with E-state index in [-0.39, 0.29) is 68.4 Å². The summed E-state index contributed by atoms with van der Waals surface area (Å²) in [4.78, 5) is 4.34. The van der Waals surface area contributed by atoms with E-state index in [0.717, 1.165) is 5.56 Å². The first-order chi connectivity index (χ1) is 18.3. The molecular formula is C27H17Cl2F2N5O2. The molecule has 2 heterocycles. The van der Waals surface area contributed by atoms with Crippen LogP contribution in [0.25, 0.3) is 5.57 Å². The van der Waals surface area contributed by atoms with Gasteiger partial charge in [0.05, 0.1) is 35.2 Å². The van der Waals surface area contributed by atoms with Gasteiger partial charge in [-0.15, -0.1) is 10.2 Å². The van der Waals surface area contributed by atoms with Crippen molar-refractivity contribution >= 4 is 34.6 Å². The molecule has 190 valence electrons. The first-order valence-corrected chi connectivity index (χ1v) is 12.0. The fraction of sp³-hybridized carbons (Fsp3) is 0.111. The molecule has 11 heteroatoms. The number of benzene rings is 3. The minimum Gasteiger partial charge on any atom is -0.453 e. The highest BCUT2D eigenvalue weighted by atomic mass is 35.5. The summed E-state index contributed by atoms with van der Waals surface area (Å²) in [6, 6.07) is 15.3. The van der Waals surface area contributed by atoms with Gasteiger partial charge < -0.3 is 14.9 Å². The maximum absolute atomic E-state index is 15.4. The first kappa shape index (κ1) is 25.4. The quantitative estimate of drug-likeness (QED) is 0.295. The number of dihydropyridines is 1. The zero-order chi connectivity index (χ0) is 26.8. The van der Waals surface area contributed by atoms with E-state index in [1.54, 1.807) is 12.1 Å². The number of aromatic nitrogens is 2. The lowest BCUT2D eigenvalue weighted by Crippen LogP contribution is -2.21. The maximum Gasteiger partial charge on any atom is 0.251 e. The number of aliphatic imine (C=N–C) groups is 1. The third-order valence-corrected chi connectivity index (χ3v) is 6.30. The second-order valence-electron chi connectivity index (χ2n) is 8.38. The van der Waals surface area contributed by atoms with Gasteiger partial charge in [0, 0.05) is 16.5 Å². The van der Waals surface area contributed by atoms with Crippen LogP contribution in [0, 0.1) is 23.0 Å². The van der Waals surface area contributed by atoms with E-state index in [1.165, 1.54) is 42.5 Å². The van der Waals surface area contributed by atoms with Gasteiger partial charge in [0.2, 0.25) is 5.89 Å². The molecule has 7 nitrogen and oxygen atoms in total. The number of halogens is 4. The predicted molar refractivity (Wildman–Crippen MR) is 138 cm³/mol. The standard InChI is InChI=1S/C27H17Cl2F2N5O2/c28-18-7-14(12-32)8-20(11-18)37-25-22(29)6-3-16(24(25)31)10-23-35-36-27(38-23)21-9-17(13-34-26(21)33)15-1-4-19(30)5-2-15/h1-9,11,17H,10,13H2,(H2,33,34)/t17-/m0/s1. The first-order valence-electron chi connectivity index (χ1n) is 11.3. The van der Waals surface area contributed by atoms with Crippen LogP contribution < -0.4 is 10.5 Å². The molecule has 1 aliphatic rings. The van der Waals surface area contributed by atoms with E-state index in [1.807, 2.05) is 12.1 Å². The summed E-state index contributed by atoms with van der Waals surface area (Å²) in [6.45, 7) is 0.392. The van der Waals surface area contributed by atoms with Crippen molar-refractivity contribution in [3.63, 3.8) is 0 Å². The van der Waals surface area contributed by atoms with Crippen LogP contribution in [0.4, 0.5) is 8.78 Å². The molecule has 0 aliphatic carbocycles. The average Bonchev–Trinajstić information content (AvgIpc) is 3.37. The van der Waals surface area contributed by atoms with Crippen LogP contribution in [0.1, 0.15) is 34.4 Å². The zero-order valence-corrected chi connectivity index (χ0v) is 21.0. The van der Waals surface area contributed by atoms with Crippen molar-refractivity contribution in [2.24, 2.45) is 10.7 Å². The van der Waals surface area contributed by atoms with Crippen LogP contribution in [0.15, 0.2) is 70.1 Å². The normalized spacial score (nSPS) is 15.0. The number of nitriles is 1. The summed E-state index contributed by atoms with van der Waals surface area (Å²) in [5.41, 5.74) is 7.81. The Morgan fingerprint density at radius 2 is 1.87 bits per heavy atom. The number of hydrogen-bond acceptors (Lipinski definition) is 7. The molecule has 0 fully saturated rings. The van der Waals surface area contributed by atoms with Gasteiger partial charge in [-0.3, -0.25) is 4.99 Å². The van der Waals surface area contributed by atoms with Crippen LogP contribution in [0.2, 0.25) is 10.0 Å². The van der Waals surface area contributed by atoms with Gasteiger partial charge in [-0.25, -0.2) is 8.78 Å². The fourth-order valence-corrected chi connectivity index (χ4v) is 4.33. The largest absolute Gasteiger partial charge is 0.453 e. The molecular weight excluding hydrogens is 535 g/mol. The Hall–Kier alpha value is -4.26. The molecule has 4 aromatic rings. The van der Waals surface area contributed by atoms with Gasteiger partial charge in [0.25, 0.3) is 5.89 Å². The van der Waals surface area contributed by atoms with E-state index >= 15 is 4.39 Å². The smallest absolute Gasteiger partial charge is 0.251 e. The van der Waals surface area contributed by atoms with E-state index in [9.17, 15) is 4.39 Å². The molecule has 1 aromatic heterocycles. The molecule has 0 unspecified atom stereocenters. The Balaban J connectivity index is 1.39. The van der Waals surface area contributed by atoms with Crippen molar-refractivity contribution in [2.75, 3.05) is 6.54 Å². The topological polar surface area (TPSA) is 110 Å². The minimum absolute atomic E-state index is 0.0270. The van der Waals surface area contributed by atoms with Crippen LogP contribution in [0.5, 0.6) is 11.5 Å². The third kappa shape index (κ3) is 5.37. The van der Waals surface area contributed by atoms with Gasteiger partial charge in [-0.05, 0) is 42.0 Å². The molecule has 0 spiro atoms. The Morgan fingerprint density at radius 1 is 1.08 bits per heavy atom. The van der Waals surface area contributed by atoms with E-state index in [2.05, 4.69) is 15.2 Å². The molecule has 0 saturated carbocycles. The summed E-state index contributed by atoms with van der Waals surface area (Å²) >= 11 is 12.2. The van der Waals surface area contributed by atoms with Gasteiger partial charge in [0.15, 0.2) is 11.6 Å². The molecule has 5 rings (SSSR count). The second-order valence-corrected chi connectivity index (χ2v) is 9.22. The minimum atomic E-state index is -0.731. The molecule has 0 saturated heterocycles. The molecule has 2 N–H and O–H groups in total. The van der Waals surface area contributed by atoms with Crippen molar-refractivity contribution in [3.8, 4) is 17.6 Å². The highest BCUT2D eigenvalue weighted by Gasteiger charge is 2.23. The monoisotopic (exact) mass is 551 g/mol. The van der Waals surface area contributed by atoms with Crippen molar-refractivity contribution in [1.82, 2.24) is 10.2 Å². The van der Waals surface area contributed by atoms with Crippen molar-refractivity contribution in [2.45, 2.75) is 12.3 Å². The number of amidine groups is 1. The van der Waals surface area contributed by atoms with Gasteiger partial charge in [0.1, 0.15) is 17.4 Å². The van der Waals surface area contributed by atoms with Gasteiger partial charge in [-0.1, -0.05) is 47.5 Å². The second kappa shape index (κ2) is 10.6. The van der Waals surface area contributed by atoms with Gasteiger partial charge >= 0.3 is 0 Å². The number of nitrogens with zero attached hydrogens (tertiary/aromatic N) is 4. The number of rotatable bonds is 6. The van der Waals surface area contributed by atoms with E-state index in [4.69, 9.17) is 43.4 Å². The van der Waals surface area contributed by atoms with E-state index < -0.39 is 5.82 Å². The fourth-order valence-electron chi connectivity index (χ4n) is 3.92. The molecule has 1 atom stereocenters. The summed E-state index contributed by atoms with van der Waals surface area (Å²) in [5.74, 6) is -0.822. The Morgan fingerprint density at radius 3 is 2.63 bits per heavy atom. The molecule has 0 radical (unpaired) electrons. The Kier molecular flexibility index (Phi) is 7.09. The lowest BCUT2D eigenvalue weighted by Gasteiger charge is -2.17. The predicted octanol–water partition coefficient (Wildman–Crippen LogP) is 6.45. The molecule has 38 heavy (non-hydrogen) atoms. The summed E-state index contributed by atoms with van der Waals surface area (Å²) in [5, 5.41) is 17.5. The Bertz CT molecular complexity index is 1630. The molecule has 1 aliphatic heterocycles. The zero-order valence-electron chi connectivity index (χ0n) is 19.5. The Labute approximate surface area is 225 Å². The van der Waals surface area contributed by atoms with Gasteiger partial charge in [-0.2, -0.15) is 5.26 Å². The number of ether oxygens (including phenoxy) is 1. The molecule has 0 amide bonds. The SMILES string of the molecule is N#Cc1cc(Cl)cc(Oc2c(Cl)ccc(Cc3nnc(C4=C[C@H](c5ccc(F)cc5)CN=C4N)o3)c2F)c1. The van der Waals surface area contributed by atoms with Crippen molar-refractivity contribution in [3.05, 3.63) is 111 Å². The van der Waals surface area contributed by atoms with Crippen LogP contribution in [-0.4, -0.2) is 22.6 Å². The summed E-state index contributed by atoms with van der Waals surface area (Å²) in [6.07, 6.45) is 1.78. The van der Waals surface area contributed by atoms with E-state index in [0.29, 0.717) is 12.1 Å². The maximum atomic E-state index is 15.4. The van der Waals surface area contributed by atoms with Crippen LogP contribution in [0.3, 0.4) is 0 Å². The molecule has 3 aromatic carbocycles. The third-order valence-electron chi connectivity index (χ3n) is 5.79. The number of hydrogen-bond donors (Lipinski definition) is 1.